The third-order valence-corrected chi connectivity index (χ3v) is 11.9. The number of nitrogens with zero attached hydrogens (tertiary/aromatic N) is 1. The zero-order valence-corrected chi connectivity index (χ0v) is 21.5. The van der Waals surface area contributed by atoms with Crippen molar-refractivity contribution in [2.75, 3.05) is 20.2 Å². The predicted molar refractivity (Wildman–Crippen MR) is 130 cm³/mol. The number of phenols is 1. The summed E-state index contributed by atoms with van der Waals surface area (Å²) in [6, 6.07) is 4.46. The molecule has 0 radical (unpaired) electrons. The lowest BCUT2D eigenvalue weighted by molar-refractivity contribution is -0.312. The number of aromatic hydroxyl groups is 1. The Morgan fingerprint density at radius 3 is 2.59 bits per heavy atom. The second kappa shape index (κ2) is 6.33. The standard InChI is InChI=1S/C29H41NO4/c1-25(2,3)26(4,32)20-15-27-10-11-29(20,33-5)24-28(27)12-13-30(16-17-6-7-17)21(27)14-18-8-9-19(31)23(34-24)22(18)28/h8-9,17,20-21,24,31-32H,6-7,10-16H2,1-5H3/t20-,21-,24?,26+,27-,28+,29?/m1/s1. The smallest absolute Gasteiger partial charge is 0.165 e. The van der Waals surface area contributed by atoms with Crippen molar-refractivity contribution in [2.24, 2.45) is 22.7 Å². The third kappa shape index (κ3) is 2.25. The van der Waals surface area contributed by atoms with Gasteiger partial charge in [-0.1, -0.05) is 26.8 Å². The van der Waals surface area contributed by atoms with Gasteiger partial charge in [0.2, 0.25) is 0 Å². The van der Waals surface area contributed by atoms with Crippen molar-refractivity contribution >= 4 is 0 Å². The van der Waals surface area contributed by atoms with Gasteiger partial charge in [-0.25, -0.2) is 0 Å². The van der Waals surface area contributed by atoms with Crippen LogP contribution in [-0.4, -0.2) is 58.7 Å². The second-order valence-corrected chi connectivity index (χ2v) is 13.8. The van der Waals surface area contributed by atoms with Crippen LogP contribution in [0.5, 0.6) is 11.5 Å². The fourth-order valence-corrected chi connectivity index (χ4v) is 9.58. The summed E-state index contributed by atoms with van der Waals surface area (Å²) in [5.41, 5.74) is 0.783. The van der Waals surface area contributed by atoms with Gasteiger partial charge in [0.15, 0.2) is 11.5 Å². The fourth-order valence-electron chi connectivity index (χ4n) is 9.58. The average molecular weight is 468 g/mol. The molecule has 5 nitrogen and oxygen atoms in total. The molecule has 34 heavy (non-hydrogen) atoms. The largest absolute Gasteiger partial charge is 0.504 e. The van der Waals surface area contributed by atoms with Crippen LogP contribution in [0.1, 0.15) is 77.3 Å². The first-order valence-corrected chi connectivity index (χ1v) is 13.6. The molecule has 2 spiro atoms. The molecule has 186 valence electrons. The number of likely N-dealkylation sites (tertiary alicyclic amines) is 1. The first-order valence-electron chi connectivity index (χ1n) is 13.6. The topological polar surface area (TPSA) is 62.2 Å². The Morgan fingerprint density at radius 1 is 1.15 bits per heavy atom. The molecular formula is C29H41NO4. The van der Waals surface area contributed by atoms with E-state index in [1.54, 1.807) is 0 Å². The van der Waals surface area contributed by atoms with E-state index in [0.717, 1.165) is 44.6 Å². The van der Waals surface area contributed by atoms with Crippen LogP contribution in [0.2, 0.25) is 0 Å². The molecule has 0 aromatic heterocycles. The lowest BCUT2D eigenvalue weighted by Crippen LogP contribution is -2.83. The molecule has 7 aliphatic rings. The number of piperidine rings is 1. The summed E-state index contributed by atoms with van der Waals surface area (Å²) >= 11 is 0. The van der Waals surface area contributed by atoms with Gasteiger partial charge in [0.25, 0.3) is 0 Å². The van der Waals surface area contributed by atoms with Crippen LogP contribution in [0.4, 0.5) is 0 Å². The van der Waals surface area contributed by atoms with E-state index in [1.165, 1.54) is 30.5 Å². The van der Waals surface area contributed by atoms with Crippen LogP contribution in [-0.2, 0) is 16.6 Å². The highest BCUT2D eigenvalue weighted by molar-refractivity contribution is 5.63. The van der Waals surface area contributed by atoms with Gasteiger partial charge in [-0.15, -0.1) is 0 Å². The molecule has 4 saturated carbocycles. The van der Waals surface area contributed by atoms with Gasteiger partial charge < -0.3 is 19.7 Å². The van der Waals surface area contributed by atoms with Crippen molar-refractivity contribution in [3.63, 3.8) is 0 Å². The Hall–Kier alpha value is -1.30. The zero-order valence-electron chi connectivity index (χ0n) is 21.5. The molecule has 5 heteroatoms. The van der Waals surface area contributed by atoms with E-state index in [0.29, 0.717) is 11.8 Å². The van der Waals surface area contributed by atoms with Gasteiger partial charge in [-0.2, -0.15) is 0 Å². The Balaban J connectivity index is 1.47. The van der Waals surface area contributed by atoms with Crippen molar-refractivity contribution < 1.29 is 19.7 Å². The van der Waals surface area contributed by atoms with Crippen molar-refractivity contribution in [2.45, 2.75) is 101 Å². The van der Waals surface area contributed by atoms with Crippen LogP contribution in [0.15, 0.2) is 12.1 Å². The normalized spacial score (nSPS) is 43.9. The summed E-state index contributed by atoms with van der Waals surface area (Å²) in [6.07, 6.45) is 7.64. The molecule has 1 aromatic rings. The Bertz CT molecular complexity index is 1060. The first-order chi connectivity index (χ1) is 16.0. The lowest BCUT2D eigenvalue weighted by Gasteiger charge is -2.75. The van der Waals surface area contributed by atoms with Crippen LogP contribution in [0.3, 0.4) is 0 Å². The highest BCUT2D eigenvalue weighted by atomic mass is 16.6. The molecule has 2 unspecified atom stereocenters. The van der Waals surface area contributed by atoms with E-state index in [2.05, 4.69) is 31.7 Å². The summed E-state index contributed by atoms with van der Waals surface area (Å²) < 4.78 is 13.5. The summed E-state index contributed by atoms with van der Waals surface area (Å²) in [4.78, 5) is 2.82. The number of ether oxygens (including phenoxy) is 2. The van der Waals surface area contributed by atoms with E-state index in [-0.39, 0.29) is 34.0 Å². The minimum absolute atomic E-state index is 0.0294. The maximum absolute atomic E-state index is 12.2. The lowest BCUT2D eigenvalue weighted by atomic mass is 9.33. The molecule has 5 aliphatic carbocycles. The number of rotatable bonds is 4. The monoisotopic (exact) mass is 467 g/mol. The number of hydrogen-bond acceptors (Lipinski definition) is 5. The number of aliphatic hydroxyl groups is 1. The minimum Gasteiger partial charge on any atom is -0.504 e. The summed E-state index contributed by atoms with van der Waals surface area (Å²) in [5.74, 6) is 1.80. The zero-order chi connectivity index (χ0) is 23.9. The van der Waals surface area contributed by atoms with E-state index in [9.17, 15) is 10.2 Å². The van der Waals surface area contributed by atoms with Crippen molar-refractivity contribution in [3.8, 4) is 11.5 Å². The van der Waals surface area contributed by atoms with Crippen molar-refractivity contribution in [3.05, 3.63) is 23.3 Å². The van der Waals surface area contributed by atoms with E-state index < -0.39 is 11.2 Å². The summed E-state index contributed by atoms with van der Waals surface area (Å²) in [5, 5.41) is 23.2. The van der Waals surface area contributed by atoms with E-state index >= 15 is 0 Å². The maximum Gasteiger partial charge on any atom is 0.165 e. The van der Waals surface area contributed by atoms with Crippen LogP contribution in [0.25, 0.3) is 0 Å². The molecule has 5 fully saturated rings. The highest BCUT2D eigenvalue weighted by Crippen LogP contribution is 2.78. The van der Waals surface area contributed by atoms with Gasteiger partial charge in [0, 0.05) is 42.0 Å². The molecule has 0 amide bonds. The summed E-state index contributed by atoms with van der Waals surface area (Å²) in [7, 11) is 1.83. The van der Waals surface area contributed by atoms with Gasteiger partial charge in [-0.05, 0) is 81.4 Å². The number of benzene rings is 1. The van der Waals surface area contributed by atoms with Gasteiger partial charge in [-0.3, -0.25) is 4.90 Å². The maximum atomic E-state index is 12.2. The SMILES string of the molecule is COC12CC[C@@]3(C[C@@H]1[C@](C)(O)C(C)(C)C)[C@H]1Cc4ccc(O)c5c4[C@@]3(CCN1CC1CC1)C2O5. The van der Waals surface area contributed by atoms with Gasteiger partial charge in [0.1, 0.15) is 11.7 Å². The molecule has 4 bridgehead atoms. The Morgan fingerprint density at radius 2 is 1.91 bits per heavy atom. The highest BCUT2D eigenvalue weighted by Gasteiger charge is 2.82. The van der Waals surface area contributed by atoms with Crippen molar-refractivity contribution in [1.29, 1.82) is 0 Å². The Kier molecular flexibility index (Phi) is 4.08. The molecule has 7 atom stereocenters. The average Bonchev–Trinajstić information content (AvgIpc) is 3.53. The fraction of sp³-hybridized carbons (Fsp3) is 0.793. The molecule has 1 aromatic carbocycles. The number of methoxy groups -OCH3 is 1. The van der Waals surface area contributed by atoms with Gasteiger partial charge in [0.05, 0.1) is 5.60 Å². The van der Waals surface area contributed by atoms with E-state index in [4.69, 9.17) is 9.47 Å². The first kappa shape index (κ1) is 21.9. The van der Waals surface area contributed by atoms with Crippen molar-refractivity contribution in [1.82, 2.24) is 4.90 Å². The molecule has 2 aliphatic heterocycles. The quantitative estimate of drug-likeness (QED) is 0.687. The predicted octanol–water partition coefficient (Wildman–Crippen LogP) is 4.41. The third-order valence-electron chi connectivity index (χ3n) is 11.9. The molecule has 1 saturated heterocycles. The molecule has 2 N–H and O–H groups in total. The second-order valence-electron chi connectivity index (χ2n) is 13.8. The van der Waals surface area contributed by atoms with Gasteiger partial charge >= 0.3 is 0 Å². The van der Waals surface area contributed by atoms with Crippen LogP contribution in [0, 0.1) is 22.7 Å². The number of phenolic OH excluding ortho intramolecular Hbond substituents is 1. The molecule has 2 heterocycles. The molecular weight excluding hydrogens is 426 g/mol. The summed E-state index contributed by atoms with van der Waals surface area (Å²) in [6.45, 7) is 10.8. The van der Waals surface area contributed by atoms with Crippen LogP contribution < -0.4 is 4.74 Å². The minimum atomic E-state index is -0.909. The number of fused-ring (bicyclic) bond motifs is 2. The Labute approximate surface area is 203 Å². The van der Waals surface area contributed by atoms with E-state index in [1.807, 2.05) is 20.1 Å². The van der Waals surface area contributed by atoms with Crippen LogP contribution >= 0.6 is 0 Å². The number of hydrogen-bond donors (Lipinski definition) is 2. The molecule has 8 rings (SSSR count).